The van der Waals surface area contributed by atoms with E-state index < -0.39 is 56.3 Å². The number of aryl methyl sites for hydroxylation is 1. The lowest BCUT2D eigenvalue weighted by Gasteiger charge is -2.40. The largest absolute Gasteiger partial charge is 0.417 e. The second-order valence-corrected chi connectivity index (χ2v) is 12.7. The Morgan fingerprint density at radius 2 is 1.78 bits per heavy atom. The molecular weight excluding hydrogens is 633 g/mol. The third kappa shape index (κ3) is 6.06. The number of sulfonamides is 1. The van der Waals surface area contributed by atoms with Gasteiger partial charge in [-0.3, -0.25) is 14.1 Å². The highest BCUT2D eigenvalue weighted by atomic mass is 32.2. The third-order valence-electron chi connectivity index (χ3n) is 7.69. The molecule has 15 heteroatoms. The molecule has 0 saturated carbocycles. The molecule has 1 saturated heterocycles. The summed E-state index contributed by atoms with van der Waals surface area (Å²) in [5.41, 5.74) is -4.10. The maximum absolute atomic E-state index is 16.0. The van der Waals surface area contributed by atoms with Gasteiger partial charge in [0.05, 0.1) is 28.7 Å². The van der Waals surface area contributed by atoms with E-state index in [1.807, 2.05) is 0 Å². The highest BCUT2D eigenvalue weighted by molar-refractivity contribution is 7.92. The number of aromatic nitrogens is 2. The molecular formula is C31H28F5N5O4S. The van der Waals surface area contributed by atoms with Crippen molar-refractivity contribution < 1.29 is 35.2 Å². The standard InChI is InChI=1S/C31H28F5N5O4S/c1-5-26(42)39-12-13-40(18(3)16-39)29-20-14-23(33)19(27-21(31(34,35)36)9-7-10-22(27)32)15-25(20)41(30(43)37-29)28-17(2)8-6-11-24(28)38-46(4,44)45/h5-11,14-15,18,38H,1,12-13,16H2,2-4H3/t18-/m0/s1. The molecule has 1 aliphatic rings. The Bertz CT molecular complexity index is 2060. The molecule has 46 heavy (non-hydrogen) atoms. The van der Waals surface area contributed by atoms with Crippen molar-refractivity contribution in [2.75, 3.05) is 35.5 Å². The molecule has 1 N–H and O–H groups in total. The van der Waals surface area contributed by atoms with Gasteiger partial charge in [-0.2, -0.15) is 18.2 Å². The summed E-state index contributed by atoms with van der Waals surface area (Å²) in [6.07, 6.45) is -3.00. The smallest absolute Gasteiger partial charge is 0.350 e. The van der Waals surface area contributed by atoms with E-state index in [0.717, 1.165) is 41.2 Å². The fourth-order valence-electron chi connectivity index (χ4n) is 5.73. The SMILES string of the molecule is C=CC(=O)N1CCN(c2nc(=O)n(-c3c(C)cccc3NS(C)(=O)=O)c3cc(-c4c(F)cccc4C(F)(F)F)c(F)cc23)[C@@H](C)C1. The molecule has 1 atom stereocenters. The van der Waals surface area contributed by atoms with Gasteiger partial charge in [0.25, 0.3) is 0 Å². The van der Waals surface area contributed by atoms with Crippen LogP contribution in [0.4, 0.5) is 33.5 Å². The second kappa shape index (κ2) is 11.9. The summed E-state index contributed by atoms with van der Waals surface area (Å²) in [6, 6.07) is 8.06. The average Bonchev–Trinajstić information content (AvgIpc) is 2.96. The number of anilines is 2. The first-order valence-corrected chi connectivity index (χ1v) is 15.8. The van der Waals surface area contributed by atoms with Crippen LogP contribution in [0.5, 0.6) is 0 Å². The number of fused-ring (bicyclic) bond motifs is 1. The first kappa shape index (κ1) is 32.6. The van der Waals surface area contributed by atoms with Gasteiger partial charge in [0, 0.05) is 42.2 Å². The van der Waals surface area contributed by atoms with E-state index in [9.17, 15) is 31.2 Å². The van der Waals surface area contributed by atoms with E-state index in [4.69, 9.17) is 0 Å². The number of carbonyl (C=O) groups excluding carboxylic acids is 1. The molecule has 0 unspecified atom stereocenters. The van der Waals surface area contributed by atoms with Crippen LogP contribution in [-0.2, 0) is 21.0 Å². The van der Waals surface area contributed by atoms with Gasteiger partial charge in [-0.05, 0) is 55.8 Å². The van der Waals surface area contributed by atoms with Crippen molar-refractivity contribution in [1.29, 1.82) is 0 Å². The molecule has 1 amide bonds. The highest BCUT2D eigenvalue weighted by Crippen LogP contribution is 2.42. The Kier molecular flexibility index (Phi) is 8.40. The molecule has 4 aromatic rings. The van der Waals surface area contributed by atoms with Gasteiger partial charge in [0.2, 0.25) is 15.9 Å². The summed E-state index contributed by atoms with van der Waals surface area (Å²) in [5.74, 6) is -2.89. The summed E-state index contributed by atoms with van der Waals surface area (Å²) in [5, 5.41) is -0.0188. The van der Waals surface area contributed by atoms with Gasteiger partial charge in [-0.25, -0.2) is 22.0 Å². The number of amides is 1. The van der Waals surface area contributed by atoms with Crippen LogP contribution in [0.2, 0.25) is 0 Å². The van der Waals surface area contributed by atoms with Crippen LogP contribution >= 0.6 is 0 Å². The van der Waals surface area contributed by atoms with Crippen molar-refractivity contribution in [3.05, 3.63) is 94.4 Å². The lowest BCUT2D eigenvalue weighted by molar-refractivity contribution is -0.137. The molecule has 3 aromatic carbocycles. The van der Waals surface area contributed by atoms with Crippen LogP contribution in [0.3, 0.4) is 0 Å². The van der Waals surface area contributed by atoms with Gasteiger partial charge >= 0.3 is 11.9 Å². The van der Waals surface area contributed by atoms with Crippen molar-refractivity contribution in [3.8, 4) is 16.8 Å². The normalized spacial score (nSPS) is 15.7. The van der Waals surface area contributed by atoms with Crippen molar-refractivity contribution in [3.63, 3.8) is 0 Å². The number of carbonyl (C=O) groups is 1. The van der Waals surface area contributed by atoms with Crippen molar-refractivity contribution in [2.45, 2.75) is 26.1 Å². The highest BCUT2D eigenvalue weighted by Gasteiger charge is 2.36. The van der Waals surface area contributed by atoms with E-state index in [1.165, 1.54) is 17.0 Å². The Morgan fingerprint density at radius 3 is 2.41 bits per heavy atom. The molecule has 0 radical (unpaired) electrons. The van der Waals surface area contributed by atoms with E-state index in [-0.39, 0.29) is 53.6 Å². The predicted octanol–water partition coefficient (Wildman–Crippen LogP) is 5.25. The molecule has 242 valence electrons. The number of benzene rings is 3. The zero-order valence-electron chi connectivity index (χ0n) is 24.8. The molecule has 5 rings (SSSR count). The fourth-order valence-corrected chi connectivity index (χ4v) is 6.29. The summed E-state index contributed by atoms with van der Waals surface area (Å²) < 4.78 is 101. The predicted molar refractivity (Wildman–Crippen MR) is 164 cm³/mol. The van der Waals surface area contributed by atoms with E-state index in [0.29, 0.717) is 11.6 Å². The average molecular weight is 662 g/mol. The number of rotatable bonds is 6. The first-order valence-electron chi connectivity index (χ1n) is 13.9. The number of alkyl halides is 3. The molecule has 1 aromatic heterocycles. The van der Waals surface area contributed by atoms with E-state index >= 15 is 8.78 Å². The maximum atomic E-state index is 16.0. The molecule has 0 aliphatic carbocycles. The summed E-state index contributed by atoms with van der Waals surface area (Å²) in [7, 11) is -3.89. The minimum Gasteiger partial charge on any atom is -0.350 e. The Labute approximate surface area is 260 Å². The van der Waals surface area contributed by atoms with Crippen LogP contribution < -0.4 is 15.3 Å². The van der Waals surface area contributed by atoms with Crippen LogP contribution in [0.15, 0.2) is 66.0 Å². The van der Waals surface area contributed by atoms with Crippen molar-refractivity contribution >= 4 is 38.3 Å². The molecule has 0 bridgehead atoms. The zero-order valence-corrected chi connectivity index (χ0v) is 25.6. The van der Waals surface area contributed by atoms with Crippen LogP contribution in [0.25, 0.3) is 27.7 Å². The van der Waals surface area contributed by atoms with Gasteiger partial charge in [-0.15, -0.1) is 0 Å². The number of halogens is 5. The molecule has 0 spiro atoms. The number of para-hydroxylation sites is 1. The van der Waals surface area contributed by atoms with Crippen molar-refractivity contribution in [2.24, 2.45) is 0 Å². The Balaban J connectivity index is 1.87. The summed E-state index contributed by atoms with van der Waals surface area (Å²) in [4.78, 5) is 33.6. The van der Waals surface area contributed by atoms with Gasteiger partial charge in [0.1, 0.15) is 17.5 Å². The molecule has 9 nitrogen and oxygen atoms in total. The van der Waals surface area contributed by atoms with Crippen LogP contribution in [0, 0.1) is 18.6 Å². The monoisotopic (exact) mass is 661 g/mol. The Hall–Kier alpha value is -4.79. The number of hydrogen-bond acceptors (Lipinski definition) is 6. The molecule has 1 aliphatic heterocycles. The Morgan fingerprint density at radius 1 is 1.09 bits per heavy atom. The lowest BCUT2D eigenvalue weighted by atomic mass is 9.96. The quantitative estimate of drug-likeness (QED) is 0.224. The number of nitrogens with one attached hydrogen (secondary N) is 1. The van der Waals surface area contributed by atoms with E-state index in [2.05, 4.69) is 16.3 Å². The fraction of sp³-hybridized carbons (Fsp3) is 0.258. The lowest BCUT2D eigenvalue weighted by Crippen LogP contribution is -2.54. The van der Waals surface area contributed by atoms with Crippen molar-refractivity contribution in [1.82, 2.24) is 14.5 Å². The first-order chi connectivity index (χ1) is 21.5. The van der Waals surface area contributed by atoms with Gasteiger partial charge < -0.3 is 9.80 Å². The van der Waals surface area contributed by atoms with Crippen LogP contribution in [0.1, 0.15) is 18.1 Å². The third-order valence-corrected chi connectivity index (χ3v) is 8.28. The zero-order chi connectivity index (χ0) is 33.7. The van der Waals surface area contributed by atoms with Gasteiger partial charge in [0.15, 0.2) is 0 Å². The number of piperazine rings is 1. The summed E-state index contributed by atoms with van der Waals surface area (Å²) >= 11 is 0. The second-order valence-electron chi connectivity index (χ2n) is 10.9. The van der Waals surface area contributed by atoms with Crippen LogP contribution in [-0.4, -0.2) is 60.7 Å². The number of nitrogens with zero attached hydrogens (tertiary/aromatic N) is 4. The maximum Gasteiger partial charge on any atom is 0.417 e. The van der Waals surface area contributed by atoms with E-state index in [1.54, 1.807) is 24.8 Å². The number of hydrogen-bond donors (Lipinski definition) is 1. The topological polar surface area (TPSA) is 105 Å². The summed E-state index contributed by atoms with van der Waals surface area (Å²) in [6.45, 7) is 7.36. The minimum absolute atomic E-state index is 0.0152. The minimum atomic E-state index is -5.05. The van der Waals surface area contributed by atoms with Gasteiger partial charge in [-0.1, -0.05) is 24.8 Å². The molecule has 1 fully saturated rings. The molecule has 2 heterocycles.